The Labute approximate surface area is 82.3 Å². The minimum absolute atomic E-state index is 0.433. The van der Waals surface area contributed by atoms with Crippen molar-refractivity contribution in [3.05, 3.63) is 41.4 Å². The summed E-state index contributed by atoms with van der Waals surface area (Å²) in [6, 6.07) is 5.16. The lowest BCUT2D eigenvalue weighted by molar-refractivity contribution is 0.362. The molecule has 0 spiro atoms. The maximum absolute atomic E-state index is 7.13. The third-order valence-corrected chi connectivity index (χ3v) is 1.72. The number of hydrogen-bond acceptors (Lipinski definition) is 2. The molecule has 0 amide bonds. The minimum atomic E-state index is 0.433. The molecule has 0 aliphatic heterocycles. The van der Waals surface area contributed by atoms with Gasteiger partial charge in [-0.15, -0.1) is 0 Å². The zero-order valence-electron chi connectivity index (χ0n) is 7.09. The highest BCUT2D eigenvalue weighted by Crippen LogP contribution is 2.21. The van der Waals surface area contributed by atoms with Gasteiger partial charge in [-0.2, -0.15) is 0 Å². The van der Waals surface area contributed by atoms with Crippen LogP contribution in [-0.2, 0) is 0 Å². The van der Waals surface area contributed by atoms with Gasteiger partial charge >= 0.3 is 0 Å². The summed E-state index contributed by atoms with van der Waals surface area (Å²) in [5, 5.41) is 7.73. The predicted octanol–water partition coefficient (Wildman–Crippen LogP) is 2.90. The summed E-state index contributed by atoms with van der Waals surface area (Å²) in [7, 11) is 0. The second-order valence-corrected chi connectivity index (χ2v) is 2.86. The molecule has 0 aromatic heterocycles. The molecule has 0 unspecified atom stereocenters. The summed E-state index contributed by atoms with van der Waals surface area (Å²) in [5.41, 5.74) is 0.675. The molecular formula is C10H10ClNO. The lowest BCUT2D eigenvalue weighted by atomic mass is 10.2. The van der Waals surface area contributed by atoms with E-state index in [0.29, 0.717) is 22.9 Å². The van der Waals surface area contributed by atoms with Gasteiger partial charge in [0.1, 0.15) is 12.4 Å². The number of benzene rings is 1. The summed E-state index contributed by atoms with van der Waals surface area (Å²) < 4.78 is 5.30. The number of rotatable bonds is 4. The van der Waals surface area contributed by atoms with Crippen LogP contribution in [-0.4, -0.2) is 12.8 Å². The molecule has 13 heavy (non-hydrogen) atoms. The van der Waals surface area contributed by atoms with Crippen LogP contribution in [0.25, 0.3) is 0 Å². The molecule has 0 heterocycles. The fraction of sp³-hybridized carbons (Fsp3) is 0.100. The monoisotopic (exact) mass is 195 g/mol. The Hall–Kier alpha value is -1.28. The van der Waals surface area contributed by atoms with Gasteiger partial charge in [0, 0.05) is 16.8 Å². The summed E-state index contributed by atoms with van der Waals surface area (Å²) in [6.07, 6.45) is 2.87. The van der Waals surface area contributed by atoms with Crippen molar-refractivity contribution in [1.82, 2.24) is 0 Å². The van der Waals surface area contributed by atoms with Gasteiger partial charge in [0.05, 0.1) is 0 Å². The summed E-state index contributed by atoms with van der Waals surface area (Å²) >= 11 is 5.75. The van der Waals surface area contributed by atoms with E-state index in [1.54, 1.807) is 24.3 Å². The van der Waals surface area contributed by atoms with Crippen molar-refractivity contribution in [2.45, 2.75) is 0 Å². The molecule has 0 fully saturated rings. The van der Waals surface area contributed by atoms with Crippen molar-refractivity contribution in [3.8, 4) is 5.75 Å². The van der Waals surface area contributed by atoms with Gasteiger partial charge in [0.2, 0.25) is 0 Å². The van der Waals surface area contributed by atoms with Gasteiger partial charge in [-0.3, -0.25) is 0 Å². The van der Waals surface area contributed by atoms with Crippen molar-refractivity contribution < 1.29 is 4.74 Å². The van der Waals surface area contributed by atoms with Crippen molar-refractivity contribution in [3.63, 3.8) is 0 Å². The standard InChI is InChI=1S/C10H10ClNO/c1-2-5-13-10-4-3-9(11)6-8(10)7-12/h2-4,6-7,12H,1,5H2. The molecule has 68 valence electrons. The van der Waals surface area contributed by atoms with Crippen LogP contribution >= 0.6 is 11.6 Å². The molecule has 0 saturated carbocycles. The Balaban J connectivity index is 2.91. The van der Waals surface area contributed by atoms with E-state index < -0.39 is 0 Å². The van der Waals surface area contributed by atoms with Crippen LogP contribution in [0.1, 0.15) is 5.56 Å². The third kappa shape index (κ3) is 2.60. The van der Waals surface area contributed by atoms with Crippen molar-refractivity contribution in [2.75, 3.05) is 6.61 Å². The van der Waals surface area contributed by atoms with Gasteiger partial charge in [-0.25, -0.2) is 0 Å². The van der Waals surface area contributed by atoms with Crippen molar-refractivity contribution >= 4 is 17.8 Å². The molecule has 0 bridgehead atoms. The lowest BCUT2D eigenvalue weighted by Crippen LogP contribution is -1.96. The first-order valence-corrected chi connectivity index (χ1v) is 4.19. The van der Waals surface area contributed by atoms with E-state index in [1.807, 2.05) is 0 Å². The van der Waals surface area contributed by atoms with Gasteiger partial charge in [-0.1, -0.05) is 24.3 Å². The SMILES string of the molecule is C=CCOc1ccc(Cl)cc1C=N. The fourth-order valence-electron chi connectivity index (χ4n) is 0.912. The predicted molar refractivity (Wildman–Crippen MR) is 55.0 cm³/mol. The molecule has 0 aliphatic carbocycles. The van der Waals surface area contributed by atoms with E-state index in [1.165, 1.54) is 6.21 Å². The Morgan fingerprint density at radius 2 is 2.31 bits per heavy atom. The van der Waals surface area contributed by atoms with Crippen LogP contribution in [0.5, 0.6) is 5.75 Å². The quantitative estimate of drug-likeness (QED) is 0.582. The second-order valence-electron chi connectivity index (χ2n) is 2.43. The van der Waals surface area contributed by atoms with E-state index in [-0.39, 0.29) is 0 Å². The highest BCUT2D eigenvalue weighted by atomic mass is 35.5. The first kappa shape index (κ1) is 9.81. The molecule has 1 rings (SSSR count). The third-order valence-electron chi connectivity index (χ3n) is 1.48. The molecule has 0 saturated heterocycles. The van der Waals surface area contributed by atoms with Gasteiger partial charge in [0.15, 0.2) is 0 Å². The fourth-order valence-corrected chi connectivity index (χ4v) is 1.09. The molecule has 3 heteroatoms. The van der Waals surface area contributed by atoms with Gasteiger partial charge in [0.25, 0.3) is 0 Å². The van der Waals surface area contributed by atoms with Crippen LogP contribution < -0.4 is 4.74 Å². The van der Waals surface area contributed by atoms with Crippen LogP contribution in [0.3, 0.4) is 0 Å². The summed E-state index contributed by atoms with van der Waals surface area (Å²) in [4.78, 5) is 0. The van der Waals surface area contributed by atoms with Crippen LogP contribution in [0.2, 0.25) is 5.02 Å². The number of nitrogens with one attached hydrogen (secondary N) is 1. The van der Waals surface area contributed by atoms with E-state index in [9.17, 15) is 0 Å². The lowest BCUT2D eigenvalue weighted by Gasteiger charge is -2.06. The van der Waals surface area contributed by atoms with Crippen molar-refractivity contribution in [2.24, 2.45) is 0 Å². The summed E-state index contributed by atoms with van der Waals surface area (Å²) in [6.45, 7) is 3.97. The van der Waals surface area contributed by atoms with Crippen molar-refractivity contribution in [1.29, 1.82) is 5.41 Å². The molecule has 2 nitrogen and oxygen atoms in total. The first-order valence-electron chi connectivity index (χ1n) is 3.81. The largest absolute Gasteiger partial charge is 0.489 e. The molecule has 1 aromatic carbocycles. The number of halogens is 1. The van der Waals surface area contributed by atoms with Gasteiger partial charge in [-0.05, 0) is 18.2 Å². The Morgan fingerprint density at radius 3 is 2.92 bits per heavy atom. The number of ether oxygens (including phenoxy) is 1. The highest BCUT2D eigenvalue weighted by Gasteiger charge is 2.00. The van der Waals surface area contributed by atoms with Crippen LogP contribution in [0.4, 0.5) is 0 Å². The molecule has 0 atom stereocenters. The topological polar surface area (TPSA) is 33.1 Å². The normalized spacial score (nSPS) is 9.31. The van der Waals surface area contributed by atoms with E-state index in [4.69, 9.17) is 21.7 Å². The first-order chi connectivity index (χ1) is 6.27. The zero-order valence-corrected chi connectivity index (χ0v) is 7.84. The zero-order chi connectivity index (χ0) is 9.68. The average Bonchev–Trinajstić information content (AvgIpc) is 2.16. The molecular weight excluding hydrogens is 186 g/mol. The minimum Gasteiger partial charge on any atom is -0.489 e. The van der Waals surface area contributed by atoms with Crippen LogP contribution in [0.15, 0.2) is 30.9 Å². The molecule has 0 radical (unpaired) electrons. The summed E-state index contributed by atoms with van der Waals surface area (Å²) in [5.74, 6) is 0.652. The highest BCUT2D eigenvalue weighted by molar-refractivity contribution is 6.30. The van der Waals surface area contributed by atoms with E-state index in [0.717, 1.165) is 0 Å². The maximum atomic E-state index is 7.13. The maximum Gasteiger partial charge on any atom is 0.128 e. The van der Waals surface area contributed by atoms with E-state index >= 15 is 0 Å². The molecule has 1 aromatic rings. The smallest absolute Gasteiger partial charge is 0.128 e. The number of hydrogen-bond donors (Lipinski definition) is 1. The van der Waals surface area contributed by atoms with E-state index in [2.05, 4.69) is 6.58 Å². The Bertz CT molecular complexity index is 323. The Morgan fingerprint density at radius 1 is 1.54 bits per heavy atom. The Kier molecular flexibility index (Phi) is 3.53. The molecule has 0 aliphatic rings. The second kappa shape index (κ2) is 4.67. The average molecular weight is 196 g/mol. The molecule has 1 N–H and O–H groups in total. The van der Waals surface area contributed by atoms with Gasteiger partial charge < -0.3 is 10.1 Å². The van der Waals surface area contributed by atoms with Crippen LogP contribution in [0, 0.1) is 5.41 Å².